The van der Waals surface area contributed by atoms with E-state index in [0.717, 1.165) is 29.5 Å². The van der Waals surface area contributed by atoms with Crippen LogP contribution in [0, 0.1) is 0 Å². The Labute approximate surface area is 129 Å². The highest BCUT2D eigenvalue weighted by Gasteiger charge is 2.10. The highest BCUT2D eigenvalue weighted by Crippen LogP contribution is 2.17. The smallest absolute Gasteiger partial charge is 0.234 e. The summed E-state index contributed by atoms with van der Waals surface area (Å²) >= 11 is 1.40. The number of carbonyl (C=O) groups is 1. The average Bonchev–Trinajstić information content (AvgIpc) is 2.86. The Kier molecular flexibility index (Phi) is 5.38. The second kappa shape index (κ2) is 7.26. The van der Waals surface area contributed by atoms with Gasteiger partial charge in [-0.2, -0.15) is 0 Å². The second-order valence-corrected chi connectivity index (χ2v) is 5.64. The Bertz CT molecular complexity index is 607. The van der Waals surface area contributed by atoms with Crippen molar-refractivity contribution in [3.63, 3.8) is 0 Å². The van der Waals surface area contributed by atoms with Crippen molar-refractivity contribution in [3.05, 3.63) is 35.7 Å². The lowest BCUT2D eigenvalue weighted by atomic mass is 10.1. The summed E-state index contributed by atoms with van der Waals surface area (Å²) in [7, 11) is 1.92. The Balaban J connectivity index is 1.87. The lowest BCUT2D eigenvalue weighted by Gasteiger charge is -2.06. The summed E-state index contributed by atoms with van der Waals surface area (Å²) in [4.78, 5) is 11.9. The van der Waals surface area contributed by atoms with Gasteiger partial charge < -0.3 is 9.88 Å². The number of nitrogens with zero attached hydrogens (tertiary/aromatic N) is 3. The number of carbonyl (C=O) groups excluding carboxylic acids is 1. The number of amides is 1. The fourth-order valence-electron chi connectivity index (χ4n) is 1.93. The van der Waals surface area contributed by atoms with Gasteiger partial charge in [0.05, 0.1) is 5.75 Å². The van der Waals surface area contributed by atoms with Gasteiger partial charge in [-0.05, 0) is 24.1 Å². The maximum absolute atomic E-state index is 11.9. The number of anilines is 1. The van der Waals surface area contributed by atoms with E-state index in [-0.39, 0.29) is 5.91 Å². The molecule has 1 aromatic carbocycles. The average molecular weight is 304 g/mol. The van der Waals surface area contributed by atoms with Crippen LogP contribution >= 0.6 is 11.8 Å². The minimum Gasteiger partial charge on any atom is -0.325 e. The molecule has 1 N–H and O–H groups in total. The molecule has 0 bridgehead atoms. The Morgan fingerprint density at radius 2 is 1.90 bits per heavy atom. The minimum absolute atomic E-state index is 0.0368. The number of hydrogen-bond donors (Lipinski definition) is 1. The van der Waals surface area contributed by atoms with E-state index in [1.54, 1.807) is 0 Å². The highest BCUT2D eigenvalue weighted by molar-refractivity contribution is 7.99. The first-order chi connectivity index (χ1) is 10.1. The van der Waals surface area contributed by atoms with Gasteiger partial charge >= 0.3 is 0 Å². The normalized spacial score (nSPS) is 10.6. The zero-order valence-electron chi connectivity index (χ0n) is 12.6. The molecule has 5 nitrogen and oxygen atoms in total. The molecule has 21 heavy (non-hydrogen) atoms. The molecule has 0 radical (unpaired) electrons. The summed E-state index contributed by atoms with van der Waals surface area (Å²) in [6.45, 7) is 4.14. The van der Waals surface area contributed by atoms with Gasteiger partial charge in [0.1, 0.15) is 5.82 Å². The summed E-state index contributed by atoms with van der Waals surface area (Å²) in [5, 5.41) is 11.8. The Morgan fingerprint density at radius 1 is 1.19 bits per heavy atom. The molecule has 2 rings (SSSR count). The van der Waals surface area contributed by atoms with E-state index in [4.69, 9.17) is 0 Å². The predicted molar refractivity (Wildman–Crippen MR) is 85.6 cm³/mol. The summed E-state index contributed by atoms with van der Waals surface area (Å²) in [6, 6.07) is 7.91. The molecule has 1 heterocycles. The first-order valence-electron chi connectivity index (χ1n) is 7.03. The molecule has 0 unspecified atom stereocenters. The zero-order valence-corrected chi connectivity index (χ0v) is 13.4. The van der Waals surface area contributed by atoms with E-state index in [1.165, 1.54) is 17.3 Å². The molecule has 0 aliphatic heterocycles. The van der Waals surface area contributed by atoms with Crippen LogP contribution in [-0.4, -0.2) is 26.4 Å². The topological polar surface area (TPSA) is 59.8 Å². The van der Waals surface area contributed by atoms with Crippen molar-refractivity contribution in [2.75, 3.05) is 11.1 Å². The summed E-state index contributed by atoms with van der Waals surface area (Å²) in [5.74, 6) is 1.21. The van der Waals surface area contributed by atoms with Crippen molar-refractivity contribution in [3.8, 4) is 0 Å². The minimum atomic E-state index is -0.0368. The molecule has 0 aliphatic rings. The lowest BCUT2D eigenvalue weighted by Crippen LogP contribution is -2.14. The van der Waals surface area contributed by atoms with Gasteiger partial charge in [0.2, 0.25) is 5.91 Å². The standard InChI is InChI=1S/C15H20N4OS/c1-4-11-6-8-12(9-7-11)16-14(20)10-21-15-18-17-13(5-2)19(15)3/h6-9H,4-5,10H2,1-3H3,(H,16,20). The van der Waals surface area contributed by atoms with Crippen LogP contribution in [0.1, 0.15) is 25.2 Å². The van der Waals surface area contributed by atoms with Crippen molar-refractivity contribution in [1.29, 1.82) is 0 Å². The van der Waals surface area contributed by atoms with Gasteiger partial charge in [-0.25, -0.2) is 0 Å². The number of aromatic nitrogens is 3. The quantitative estimate of drug-likeness (QED) is 0.834. The molecule has 0 atom stereocenters. The van der Waals surface area contributed by atoms with E-state index >= 15 is 0 Å². The van der Waals surface area contributed by atoms with Gasteiger partial charge in [0.15, 0.2) is 5.16 Å². The van der Waals surface area contributed by atoms with E-state index in [2.05, 4.69) is 22.4 Å². The molecule has 112 valence electrons. The van der Waals surface area contributed by atoms with Crippen molar-refractivity contribution < 1.29 is 4.79 Å². The van der Waals surface area contributed by atoms with E-state index in [0.29, 0.717) is 5.75 Å². The summed E-state index contributed by atoms with van der Waals surface area (Å²) in [5.41, 5.74) is 2.08. The molecular weight excluding hydrogens is 284 g/mol. The molecule has 2 aromatic rings. The van der Waals surface area contributed by atoms with Crippen LogP contribution in [0.5, 0.6) is 0 Å². The van der Waals surface area contributed by atoms with Crippen molar-refractivity contribution in [2.24, 2.45) is 7.05 Å². The first-order valence-corrected chi connectivity index (χ1v) is 8.02. The first kappa shape index (κ1) is 15.6. The van der Waals surface area contributed by atoms with Gasteiger partial charge in [-0.15, -0.1) is 10.2 Å². The molecule has 0 saturated carbocycles. The number of hydrogen-bond acceptors (Lipinski definition) is 4. The monoisotopic (exact) mass is 304 g/mol. The molecule has 1 amide bonds. The Hall–Kier alpha value is -1.82. The van der Waals surface area contributed by atoms with Crippen LogP contribution < -0.4 is 5.32 Å². The largest absolute Gasteiger partial charge is 0.325 e. The summed E-state index contributed by atoms with van der Waals surface area (Å²) in [6.07, 6.45) is 1.83. The van der Waals surface area contributed by atoms with E-state index < -0.39 is 0 Å². The molecule has 0 saturated heterocycles. The van der Waals surface area contributed by atoms with Crippen LogP contribution in [0.15, 0.2) is 29.4 Å². The molecule has 0 aliphatic carbocycles. The second-order valence-electron chi connectivity index (χ2n) is 4.70. The number of benzene rings is 1. The van der Waals surface area contributed by atoms with Crippen LogP contribution in [0.4, 0.5) is 5.69 Å². The maximum atomic E-state index is 11.9. The van der Waals surface area contributed by atoms with Crippen molar-refractivity contribution >= 4 is 23.4 Å². The predicted octanol–water partition coefficient (Wildman–Crippen LogP) is 2.67. The van der Waals surface area contributed by atoms with Crippen LogP contribution in [0.25, 0.3) is 0 Å². The molecule has 1 aromatic heterocycles. The van der Waals surface area contributed by atoms with Crippen LogP contribution in [-0.2, 0) is 24.7 Å². The number of nitrogens with one attached hydrogen (secondary N) is 1. The van der Waals surface area contributed by atoms with Gasteiger partial charge in [0.25, 0.3) is 0 Å². The fraction of sp³-hybridized carbons (Fsp3) is 0.400. The van der Waals surface area contributed by atoms with Crippen LogP contribution in [0.3, 0.4) is 0 Å². The van der Waals surface area contributed by atoms with E-state index in [9.17, 15) is 4.79 Å². The third-order valence-corrected chi connectivity index (χ3v) is 4.24. The van der Waals surface area contributed by atoms with Crippen LogP contribution in [0.2, 0.25) is 0 Å². The molecule has 6 heteroatoms. The Morgan fingerprint density at radius 3 is 2.48 bits per heavy atom. The highest BCUT2D eigenvalue weighted by atomic mass is 32.2. The third kappa shape index (κ3) is 4.07. The SMILES string of the molecule is CCc1ccc(NC(=O)CSc2nnc(CC)n2C)cc1. The lowest BCUT2D eigenvalue weighted by molar-refractivity contribution is -0.113. The molecular formula is C15H20N4OS. The maximum Gasteiger partial charge on any atom is 0.234 e. The van der Waals surface area contributed by atoms with E-state index in [1.807, 2.05) is 42.8 Å². The molecule has 0 fully saturated rings. The fourth-order valence-corrected chi connectivity index (χ4v) is 2.66. The number of thioether (sulfide) groups is 1. The number of rotatable bonds is 6. The van der Waals surface area contributed by atoms with Crippen molar-refractivity contribution in [1.82, 2.24) is 14.8 Å². The van der Waals surface area contributed by atoms with Crippen molar-refractivity contribution in [2.45, 2.75) is 31.8 Å². The van der Waals surface area contributed by atoms with Gasteiger partial charge in [-0.3, -0.25) is 4.79 Å². The molecule has 0 spiro atoms. The summed E-state index contributed by atoms with van der Waals surface area (Å²) < 4.78 is 1.92. The zero-order chi connectivity index (χ0) is 15.2. The van der Waals surface area contributed by atoms with Gasteiger partial charge in [-0.1, -0.05) is 37.7 Å². The third-order valence-electron chi connectivity index (χ3n) is 3.22. The number of aryl methyl sites for hydroxylation is 2. The van der Waals surface area contributed by atoms with Gasteiger partial charge in [0, 0.05) is 19.2 Å².